The smallest absolute Gasteiger partial charge is 0.129 e. The van der Waals surface area contributed by atoms with Gasteiger partial charge in [0.05, 0.1) is 0 Å². The van der Waals surface area contributed by atoms with Gasteiger partial charge in [0.15, 0.2) is 0 Å². The third-order valence-electron chi connectivity index (χ3n) is 2.54. The minimum atomic E-state index is 0.625. The zero-order chi connectivity index (χ0) is 9.80. The van der Waals surface area contributed by atoms with Gasteiger partial charge in [-0.05, 0) is 30.2 Å². The standard InChI is InChI=1S/C11H16N2S/c1-2-9-4-3-6-12-11(9)13-10-5-7-14-8-10/h3-4,6,10H,2,5,7-8H2,1H3,(H,12,13). The number of rotatable bonds is 3. The second kappa shape index (κ2) is 4.69. The maximum absolute atomic E-state index is 4.39. The van der Waals surface area contributed by atoms with Gasteiger partial charge in [-0.3, -0.25) is 0 Å². The molecule has 0 aliphatic carbocycles. The quantitative estimate of drug-likeness (QED) is 0.826. The van der Waals surface area contributed by atoms with Crippen LogP contribution in [0, 0.1) is 0 Å². The number of anilines is 1. The lowest BCUT2D eigenvalue weighted by Crippen LogP contribution is -2.19. The highest BCUT2D eigenvalue weighted by Gasteiger charge is 2.16. The van der Waals surface area contributed by atoms with E-state index in [1.165, 1.54) is 23.5 Å². The SMILES string of the molecule is CCc1cccnc1NC1CCSC1. The Balaban J connectivity index is 2.07. The average Bonchev–Trinajstić information content (AvgIpc) is 2.71. The number of nitrogens with one attached hydrogen (secondary N) is 1. The summed E-state index contributed by atoms with van der Waals surface area (Å²) in [6.07, 6.45) is 4.18. The van der Waals surface area contributed by atoms with Gasteiger partial charge in [-0.25, -0.2) is 4.98 Å². The molecule has 1 unspecified atom stereocenters. The molecule has 0 saturated carbocycles. The van der Waals surface area contributed by atoms with Crippen LogP contribution in [-0.2, 0) is 6.42 Å². The number of hydrogen-bond donors (Lipinski definition) is 1. The third-order valence-corrected chi connectivity index (χ3v) is 3.71. The molecule has 1 fully saturated rings. The van der Waals surface area contributed by atoms with E-state index in [4.69, 9.17) is 0 Å². The lowest BCUT2D eigenvalue weighted by Gasteiger charge is -2.14. The Labute approximate surface area is 89.5 Å². The van der Waals surface area contributed by atoms with Crippen LogP contribution in [-0.4, -0.2) is 22.5 Å². The van der Waals surface area contributed by atoms with Crippen LogP contribution in [0.4, 0.5) is 5.82 Å². The topological polar surface area (TPSA) is 24.9 Å². The third kappa shape index (κ3) is 2.21. The Morgan fingerprint density at radius 3 is 3.29 bits per heavy atom. The minimum Gasteiger partial charge on any atom is -0.366 e. The number of aromatic nitrogens is 1. The summed E-state index contributed by atoms with van der Waals surface area (Å²) in [5.41, 5.74) is 1.32. The molecule has 0 amide bonds. The molecule has 2 nitrogen and oxygen atoms in total. The van der Waals surface area contributed by atoms with Crippen molar-refractivity contribution in [3.63, 3.8) is 0 Å². The van der Waals surface area contributed by atoms with Crippen LogP contribution in [0.15, 0.2) is 18.3 Å². The van der Waals surface area contributed by atoms with Crippen LogP contribution in [0.3, 0.4) is 0 Å². The van der Waals surface area contributed by atoms with E-state index in [1.807, 2.05) is 24.0 Å². The minimum absolute atomic E-state index is 0.625. The van der Waals surface area contributed by atoms with Crippen LogP contribution in [0.1, 0.15) is 18.9 Å². The van der Waals surface area contributed by atoms with E-state index in [0.717, 1.165) is 12.2 Å². The van der Waals surface area contributed by atoms with Crippen LogP contribution in [0.25, 0.3) is 0 Å². The Morgan fingerprint density at radius 2 is 2.57 bits per heavy atom. The number of hydrogen-bond acceptors (Lipinski definition) is 3. The number of thioether (sulfide) groups is 1. The molecule has 2 heterocycles. The Kier molecular flexibility index (Phi) is 3.30. The monoisotopic (exact) mass is 208 g/mol. The molecule has 3 heteroatoms. The first kappa shape index (κ1) is 9.84. The summed E-state index contributed by atoms with van der Waals surface area (Å²) < 4.78 is 0. The van der Waals surface area contributed by atoms with E-state index in [2.05, 4.69) is 23.3 Å². The van der Waals surface area contributed by atoms with Crippen molar-refractivity contribution in [3.8, 4) is 0 Å². The van der Waals surface area contributed by atoms with Crippen molar-refractivity contribution in [1.82, 2.24) is 4.98 Å². The van der Waals surface area contributed by atoms with Crippen molar-refractivity contribution in [2.75, 3.05) is 16.8 Å². The van der Waals surface area contributed by atoms with Crippen LogP contribution >= 0.6 is 11.8 Å². The first-order valence-electron chi connectivity index (χ1n) is 5.18. The van der Waals surface area contributed by atoms with E-state index in [0.29, 0.717) is 6.04 Å². The molecule has 0 aromatic carbocycles. The largest absolute Gasteiger partial charge is 0.366 e. The lowest BCUT2D eigenvalue weighted by molar-refractivity contribution is 0.803. The molecule has 1 atom stereocenters. The highest BCUT2D eigenvalue weighted by Crippen LogP contribution is 2.22. The Bertz CT molecular complexity index is 295. The fourth-order valence-electron chi connectivity index (χ4n) is 1.70. The molecule has 0 bridgehead atoms. The maximum atomic E-state index is 4.39. The molecule has 1 N–H and O–H groups in total. The summed E-state index contributed by atoms with van der Waals surface area (Å²) in [7, 11) is 0. The van der Waals surface area contributed by atoms with Crippen LogP contribution < -0.4 is 5.32 Å². The van der Waals surface area contributed by atoms with Crippen molar-refractivity contribution in [2.45, 2.75) is 25.8 Å². The molecule has 14 heavy (non-hydrogen) atoms. The van der Waals surface area contributed by atoms with E-state index >= 15 is 0 Å². The van der Waals surface area contributed by atoms with E-state index in [9.17, 15) is 0 Å². The molecule has 2 rings (SSSR count). The van der Waals surface area contributed by atoms with Gasteiger partial charge >= 0.3 is 0 Å². The van der Waals surface area contributed by atoms with Crippen molar-refractivity contribution < 1.29 is 0 Å². The second-order valence-electron chi connectivity index (χ2n) is 3.57. The van der Waals surface area contributed by atoms with Gasteiger partial charge in [-0.2, -0.15) is 11.8 Å². The summed E-state index contributed by atoms with van der Waals surface area (Å²) in [5, 5.41) is 3.53. The molecular weight excluding hydrogens is 192 g/mol. The molecule has 1 saturated heterocycles. The fourth-order valence-corrected chi connectivity index (χ4v) is 2.85. The zero-order valence-electron chi connectivity index (χ0n) is 8.49. The summed E-state index contributed by atoms with van der Waals surface area (Å²) in [6.45, 7) is 2.17. The van der Waals surface area contributed by atoms with Crippen molar-refractivity contribution >= 4 is 17.6 Å². The van der Waals surface area contributed by atoms with Gasteiger partial charge in [0.1, 0.15) is 5.82 Å². The predicted octanol–water partition coefficient (Wildman–Crippen LogP) is 2.56. The predicted molar refractivity (Wildman–Crippen MR) is 63.0 cm³/mol. The summed E-state index contributed by atoms with van der Waals surface area (Å²) >= 11 is 2.02. The van der Waals surface area contributed by atoms with Gasteiger partial charge in [0.2, 0.25) is 0 Å². The second-order valence-corrected chi connectivity index (χ2v) is 4.72. The molecule has 1 aromatic rings. The molecule has 1 aliphatic heterocycles. The number of aryl methyl sites for hydroxylation is 1. The van der Waals surface area contributed by atoms with Gasteiger partial charge in [-0.1, -0.05) is 13.0 Å². The molecular formula is C11H16N2S. The fraction of sp³-hybridized carbons (Fsp3) is 0.545. The van der Waals surface area contributed by atoms with Crippen molar-refractivity contribution in [2.24, 2.45) is 0 Å². The molecule has 1 aliphatic rings. The zero-order valence-corrected chi connectivity index (χ0v) is 9.31. The van der Waals surface area contributed by atoms with Crippen LogP contribution in [0.5, 0.6) is 0 Å². The van der Waals surface area contributed by atoms with Crippen LogP contribution in [0.2, 0.25) is 0 Å². The van der Waals surface area contributed by atoms with Gasteiger partial charge in [-0.15, -0.1) is 0 Å². The summed E-state index contributed by atoms with van der Waals surface area (Å²) in [6, 6.07) is 4.78. The highest BCUT2D eigenvalue weighted by molar-refractivity contribution is 7.99. The Morgan fingerprint density at radius 1 is 1.64 bits per heavy atom. The number of nitrogens with zero attached hydrogens (tertiary/aromatic N) is 1. The Hall–Kier alpha value is -0.700. The van der Waals surface area contributed by atoms with E-state index in [1.54, 1.807) is 0 Å². The molecule has 0 spiro atoms. The van der Waals surface area contributed by atoms with Crippen molar-refractivity contribution in [1.29, 1.82) is 0 Å². The summed E-state index contributed by atoms with van der Waals surface area (Å²) in [5.74, 6) is 3.59. The van der Waals surface area contributed by atoms with Gasteiger partial charge in [0, 0.05) is 18.0 Å². The van der Waals surface area contributed by atoms with E-state index < -0.39 is 0 Å². The summed E-state index contributed by atoms with van der Waals surface area (Å²) in [4.78, 5) is 4.39. The molecule has 0 radical (unpaired) electrons. The van der Waals surface area contributed by atoms with Gasteiger partial charge in [0.25, 0.3) is 0 Å². The molecule has 1 aromatic heterocycles. The average molecular weight is 208 g/mol. The van der Waals surface area contributed by atoms with Crippen molar-refractivity contribution in [3.05, 3.63) is 23.9 Å². The molecule has 76 valence electrons. The van der Waals surface area contributed by atoms with Gasteiger partial charge < -0.3 is 5.32 Å². The maximum Gasteiger partial charge on any atom is 0.129 e. The van der Waals surface area contributed by atoms with E-state index in [-0.39, 0.29) is 0 Å². The lowest BCUT2D eigenvalue weighted by atomic mass is 10.2. The number of pyridine rings is 1. The normalized spacial score (nSPS) is 21.1. The highest BCUT2D eigenvalue weighted by atomic mass is 32.2. The first-order valence-corrected chi connectivity index (χ1v) is 6.34. The first-order chi connectivity index (χ1) is 6.90.